The van der Waals surface area contributed by atoms with Crippen LogP contribution in [0.2, 0.25) is 0 Å². The monoisotopic (exact) mass is 351 g/mol. The molecule has 2 aliphatic heterocycles. The molecule has 3 heteroatoms. The summed E-state index contributed by atoms with van der Waals surface area (Å²) in [6.07, 6.45) is 6.48. The van der Waals surface area contributed by atoms with E-state index in [-0.39, 0.29) is 0 Å². The Hall–Kier alpha value is -0.380. The molecular formula is C18H26BrNO. The Labute approximate surface area is 137 Å². The van der Waals surface area contributed by atoms with Crippen LogP contribution in [0.1, 0.15) is 44.2 Å². The molecule has 0 amide bonds. The van der Waals surface area contributed by atoms with Crippen LogP contribution in [0.5, 0.6) is 0 Å². The lowest BCUT2D eigenvalue weighted by atomic mass is 9.87. The largest absolute Gasteiger partial charge is 0.378 e. The van der Waals surface area contributed by atoms with E-state index in [0.29, 0.717) is 0 Å². The van der Waals surface area contributed by atoms with Gasteiger partial charge >= 0.3 is 0 Å². The van der Waals surface area contributed by atoms with Gasteiger partial charge in [0.05, 0.1) is 13.2 Å². The second kappa shape index (κ2) is 6.80. The molecule has 2 bridgehead atoms. The van der Waals surface area contributed by atoms with Crippen molar-refractivity contribution in [1.82, 2.24) is 4.90 Å². The third kappa shape index (κ3) is 3.06. The van der Waals surface area contributed by atoms with Crippen LogP contribution < -0.4 is 0 Å². The number of hydrogen-bond acceptors (Lipinski definition) is 2. The normalized spacial score (nSPS) is 31.3. The maximum Gasteiger partial charge on any atom is 0.0623 e. The van der Waals surface area contributed by atoms with Crippen molar-refractivity contribution in [2.45, 2.75) is 64.1 Å². The summed E-state index contributed by atoms with van der Waals surface area (Å²) in [5.41, 5.74) is 3.12. The lowest BCUT2D eigenvalue weighted by molar-refractivity contribution is -0.148. The number of morpholine rings is 1. The Kier molecular flexibility index (Phi) is 5.03. The molecule has 3 aliphatic rings. The Morgan fingerprint density at radius 1 is 1.00 bits per heavy atom. The van der Waals surface area contributed by atoms with Gasteiger partial charge in [0.25, 0.3) is 0 Å². The van der Waals surface area contributed by atoms with Crippen LogP contribution in [-0.4, -0.2) is 36.2 Å². The number of halogens is 1. The summed E-state index contributed by atoms with van der Waals surface area (Å²) in [7, 11) is 0. The van der Waals surface area contributed by atoms with Crippen LogP contribution in [0.25, 0.3) is 0 Å². The van der Waals surface area contributed by atoms with Crippen molar-refractivity contribution < 1.29 is 4.74 Å². The van der Waals surface area contributed by atoms with Crippen molar-refractivity contribution in [3.8, 4) is 0 Å². The predicted octanol–water partition coefficient (Wildman–Crippen LogP) is 4.20. The summed E-state index contributed by atoms with van der Waals surface area (Å²) in [5, 5.41) is 0. The summed E-state index contributed by atoms with van der Waals surface area (Å²) in [6, 6.07) is 9.03. The standard InChI is InChI=1S/C16H20BrNO.C2H6/c17-13-4-1-11-2-5-14(6-3-12(11)7-13)18-15-8-16(18)10-19-9-15;1-2/h1,4,7,14-16H,2-3,5-6,8-10H2;1-2H3. The van der Waals surface area contributed by atoms with E-state index in [2.05, 4.69) is 39.0 Å². The van der Waals surface area contributed by atoms with Gasteiger partial charge in [0.1, 0.15) is 0 Å². The van der Waals surface area contributed by atoms with E-state index in [1.54, 1.807) is 11.1 Å². The van der Waals surface area contributed by atoms with Gasteiger partial charge in [-0.1, -0.05) is 35.8 Å². The van der Waals surface area contributed by atoms with Crippen molar-refractivity contribution in [3.63, 3.8) is 0 Å². The quantitative estimate of drug-likeness (QED) is 0.703. The van der Waals surface area contributed by atoms with E-state index >= 15 is 0 Å². The van der Waals surface area contributed by atoms with Gasteiger partial charge in [-0.3, -0.25) is 4.90 Å². The van der Waals surface area contributed by atoms with E-state index in [0.717, 1.165) is 31.3 Å². The van der Waals surface area contributed by atoms with Crippen molar-refractivity contribution >= 4 is 15.9 Å². The van der Waals surface area contributed by atoms with Crippen molar-refractivity contribution in [2.24, 2.45) is 0 Å². The first-order valence-corrected chi connectivity index (χ1v) is 9.23. The maximum atomic E-state index is 5.61. The molecule has 21 heavy (non-hydrogen) atoms. The third-order valence-corrected chi connectivity index (χ3v) is 5.58. The molecule has 0 saturated carbocycles. The van der Waals surface area contributed by atoms with Crippen molar-refractivity contribution in [2.75, 3.05) is 13.2 Å². The number of benzene rings is 1. The lowest BCUT2D eigenvalue weighted by Gasteiger charge is -2.56. The Balaban J connectivity index is 0.000000636. The van der Waals surface area contributed by atoms with E-state index in [1.807, 2.05) is 13.8 Å². The van der Waals surface area contributed by atoms with Gasteiger partial charge in [0, 0.05) is 22.6 Å². The van der Waals surface area contributed by atoms with Gasteiger partial charge in [0.2, 0.25) is 0 Å². The van der Waals surface area contributed by atoms with Crippen LogP contribution in [0, 0.1) is 0 Å². The molecule has 0 radical (unpaired) electrons. The van der Waals surface area contributed by atoms with Crippen LogP contribution in [-0.2, 0) is 17.6 Å². The number of hydrogen-bond donors (Lipinski definition) is 0. The fraction of sp³-hybridized carbons (Fsp3) is 0.667. The van der Waals surface area contributed by atoms with Gasteiger partial charge in [-0.2, -0.15) is 0 Å². The van der Waals surface area contributed by atoms with Crippen molar-refractivity contribution in [1.29, 1.82) is 0 Å². The summed E-state index contributed by atoms with van der Waals surface area (Å²) >= 11 is 3.60. The molecular weight excluding hydrogens is 326 g/mol. The molecule has 3 atom stereocenters. The SMILES string of the molecule is Brc1ccc2c(c1)CCC(N1C3COCC1C3)CC2.CC. The molecule has 2 fully saturated rings. The second-order valence-corrected chi connectivity index (χ2v) is 7.09. The van der Waals surface area contributed by atoms with Crippen LogP contribution >= 0.6 is 15.9 Å². The van der Waals surface area contributed by atoms with Gasteiger partial charge in [-0.15, -0.1) is 0 Å². The fourth-order valence-electron chi connectivity index (χ4n) is 4.12. The molecule has 1 aromatic rings. The summed E-state index contributed by atoms with van der Waals surface area (Å²) < 4.78 is 6.83. The molecule has 116 valence electrons. The minimum atomic E-state index is 0.719. The molecule has 3 unspecified atom stereocenters. The first kappa shape index (κ1) is 15.5. The number of ether oxygens (including phenoxy) is 1. The first-order chi connectivity index (χ1) is 10.3. The lowest BCUT2D eigenvalue weighted by Crippen LogP contribution is -2.66. The highest BCUT2D eigenvalue weighted by Gasteiger charge is 2.45. The third-order valence-electron chi connectivity index (χ3n) is 5.09. The van der Waals surface area contributed by atoms with Crippen molar-refractivity contribution in [3.05, 3.63) is 33.8 Å². The van der Waals surface area contributed by atoms with Crippen LogP contribution in [0.15, 0.2) is 22.7 Å². The predicted molar refractivity (Wildman–Crippen MR) is 90.8 cm³/mol. The zero-order chi connectivity index (χ0) is 14.8. The van der Waals surface area contributed by atoms with E-state index in [4.69, 9.17) is 4.74 Å². The molecule has 4 rings (SSSR count). The molecule has 1 aromatic carbocycles. The maximum absolute atomic E-state index is 5.61. The van der Waals surface area contributed by atoms with E-state index < -0.39 is 0 Å². The Morgan fingerprint density at radius 2 is 1.67 bits per heavy atom. The smallest absolute Gasteiger partial charge is 0.0623 e. The second-order valence-electron chi connectivity index (χ2n) is 6.17. The number of rotatable bonds is 1. The highest BCUT2D eigenvalue weighted by molar-refractivity contribution is 9.10. The van der Waals surface area contributed by atoms with Crippen LogP contribution in [0.3, 0.4) is 0 Å². The molecule has 0 N–H and O–H groups in total. The molecule has 2 nitrogen and oxygen atoms in total. The van der Waals surface area contributed by atoms with Gasteiger partial charge in [-0.05, 0) is 55.4 Å². The minimum absolute atomic E-state index is 0.719. The highest BCUT2D eigenvalue weighted by Crippen LogP contribution is 2.37. The zero-order valence-corrected chi connectivity index (χ0v) is 14.7. The fourth-order valence-corrected chi connectivity index (χ4v) is 4.53. The van der Waals surface area contributed by atoms with Gasteiger partial charge in [0.15, 0.2) is 0 Å². The first-order valence-electron chi connectivity index (χ1n) is 8.44. The topological polar surface area (TPSA) is 12.5 Å². The molecule has 0 aromatic heterocycles. The van der Waals surface area contributed by atoms with E-state index in [1.165, 1.54) is 36.6 Å². The zero-order valence-electron chi connectivity index (χ0n) is 13.1. The average Bonchev–Trinajstić information content (AvgIpc) is 2.73. The molecule has 1 aliphatic carbocycles. The van der Waals surface area contributed by atoms with E-state index in [9.17, 15) is 0 Å². The summed E-state index contributed by atoms with van der Waals surface area (Å²) in [6.45, 7) is 5.93. The summed E-state index contributed by atoms with van der Waals surface area (Å²) in [4.78, 5) is 2.77. The van der Waals surface area contributed by atoms with Gasteiger partial charge < -0.3 is 4.74 Å². The van der Waals surface area contributed by atoms with Gasteiger partial charge in [-0.25, -0.2) is 0 Å². The molecule has 2 saturated heterocycles. The molecule has 0 spiro atoms. The average molecular weight is 352 g/mol. The number of aryl methyl sites for hydroxylation is 2. The minimum Gasteiger partial charge on any atom is -0.378 e. The van der Waals surface area contributed by atoms with Crippen LogP contribution in [0.4, 0.5) is 0 Å². The number of nitrogens with zero attached hydrogens (tertiary/aromatic N) is 1. The number of fused-ring (bicyclic) bond motifs is 3. The highest BCUT2D eigenvalue weighted by atomic mass is 79.9. The Morgan fingerprint density at radius 3 is 2.33 bits per heavy atom. The Bertz CT molecular complexity index is 476. The summed E-state index contributed by atoms with van der Waals surface area (Å²) in [5.74, 6) is 0. The molecule has 2 heterocycles.